The Morgan fingerprint density at radius 3 is 1.69 bits per heavy atom. The zero-order chi connectivity index (χ0) is 70.3. The van der Waals surface area contributed by atoms with Crippen LogP contribution in [-0.2, 0) is 69.4 Å². The number of aliphatic hydroxyl groups excluding tert-OH is 1. The normalized spacial score (nSPS) is 30.7. The molecule has 6 aromatic heterocycles. The molecular weight excluding hydrogens is 1350 g/mol. The number of rotatable bonds is 26. The molecule has 6 aromatic rings. The molecule has 3 aliphatic heterocycles. The summed E-state index contributed by atoms with van der Waals surface area (Å²) >= 11 is 0. The number of carbonyl (C=O) groups is 2. The molecule has 0 bridgehead atoms. The number of aliphatic hydroxyl groups is 1. The third-order valence-electron chi connectivity index (χ3n) is 19.9. The first-order valence-corrected chi connectivity index (χ1v) is 37.5. The van der Waals surface area contributed by atoms with Crippen LogP contribution in [0.15, 0.2) is 85.6 Å². The minimum atomic E-state index is -5.21. The first kappa shape index (κ1) is 72.0. The number of imidazole rings is 3. The molecule has 34 nitrogen and oxygen atoms in total. The van der Waals surface area contributed by atoms with Gasteiger partial charge in [-0.05, 0) is 85.5 Å². The first-order valence-electron chi connectivity index (χ1n) is 33.0. The van der Waals surface area contributed by atoms with Crippen LogP contribution in [0.5, 0.6) is 0 Å². The average molecular weight is 1440 g/mol. The number of hydrogen-bond donors (Lipinski definition) is 7. The molecule has 3 unspecified atom stereocenters. The van der Waals surface area contributed by atoms with Gasteiger partial charge in [-0.15, -0.1) is 0 Å². The number of phosphoric ester groups is 3. The van der Waals surface area contributed by atoms with Gasteiger partial charge in [0.1, 0.15) is 59.9 Å². The first-order chi connectivity index (χ1) is 47.1. The summed E-state index contributed by atoms with van der Waals surface area (Å²) < 4.78 is 102. The van der Waals surface area contributed by atoms with Gasteiger partial charge in [0.25, 0.3) is 0 Å². The van der Waals surface area contributed by atoms with Crippen molar-refractivity contribution in [3.05, 3.63) is 85.6 Å². The van der Waals surface area contributed by atoms with Crippen LogP contribution < -0.4 is 17.2 Å². The van der Waals surface area contributed by atoms with Gasteiger partial charge in [-0.1, -0.05) is 76.6 Å². The molecule has 3 saturated carbocycles. The number of phosphoric acid groups is 3. The van der Waals surface area contributed by atoms with Crippen molar-refractivity contribution in [1.82, 2.24) is 58.6 Å². The number of ether oxygens (including phenoxy) is 4. The van der Waals surface area contributed by atoms with E-state index in [9.17, 15) is 43.1 Å². The number of aromatic nitrogens is 12. The molecule has 0 aromatic carbocycles. The largest absolute Gasteiger partial charge is 0.529 e. The van der Waals surface area contributed by atoms with E-state index in [2.05, 4.69) is 110 Å². The molecule has 10 N–H and O–H groups in total. The summed E-state index contributed by atoms with van der Waals surface area (Å²) in [5, 5.41) is 11.0. The fourth-order valence-electron chi connectivity index (χ4n) is 14.5. The number of nitrogen functional groups attached to an aromatic ring is 3. The molecule has 6 fully saturated rings. The second-order valence-corrected chi connectivity index (χ2v) is 31.0. The maximum Gasteiger partial charge on any atom is 0.529 e. The Labute approximate surface area is 568 Å². The number of fused-ring (bicyclic) bond motifs is 4. The number of allylic oxidation sites excluding steroid dienone is 6. The van der Waals surface area contributed by atoms with Gasteiger partial charge in [0.05, 0.1) is 70.0 Å². The monoisotopic (exact) mass is 1440 g/mol. The van der Waals surface area contributed by atoms with Crippen molar-refractivity contribution >= 4 is 86.4 Å². The maximum absolute atomic E-state index is 14.1. The minimum absolute atomic E-state index is 0.00412. The lowest BCUT2D eigenvalue weighted by Crippen LogP contribution is -2.35. The number of nitrogens with zero attached hydrogens (tertiary/aromatic N) is 12. The van der Waals surface area contributed by atoms with Gasteiger partial charge in [-0.3, -0.25) is 50.8 Å². The van der Waals surface area contributed by atoms with E-state index < -0.39 is 129 Å². The average Bonchev–Trinajstić information content (AvgIpc) is 1.66. The molecule has 37 heteroatoms. The molecule has 99 heavy (non-hydrogen) atoms. The van der Waals surface area contributed by atoms with Crippen molar-refractivity contribution in [3.63, 3.8) is 0 Å². The molecule has 3 aliphatic carbocycles. The number of esters is 1. The number of carbonyl (C=O) groups excluding carboxylic acids is 2. The highest BCUT2D eigenvalue weighted by Gasteiger charge is 2.51. The van der Waals surface area contributed by atoms with Crippen LogP contribution in [0.25, 0.3) is 33.5 Å². The Hall–Kier alpha value is -6.84. The molecular formula is C62H84N15O19P3. The Bertz CT molecular complexity index is 4230. The highest BCUT2D eigenvalue weighted by atomic mass is 31.2. The molecule has 3 saturated heterocycles. The number of anilines is 3. The van der Waals surface area contributed by atoms with E-state index >= 15 is 0 Å². The van der Waals surface area contributed by atoms with Crippen LogP contribution in [-0.4, -0.2) is 153 Å². The molecule has 18 atom stereocenters. The van der Waals surface area contributed by atoms with E-state index in [0.717, 1.165) is 43.1 Å². The van der Waals surface area contributed by atoms with Gasteiger partial charge in [0, 0.05) is 25.7 Å². The van der Waals surface area contributed by atoms with Gasteiger partial charge in [-0.25, -0.2) is 58.6 Å². The van der Waals surface area contributed by atoms with Gasteiger partial charge in [0.15, 0.2) is 53.1 Å². The van der Waals surface area contributed by atoms with E-state index in [1.807, 2.05) is 0 Å². The van der Waals surface area contributed by atoms with Crippen LogP contribution in [0, 0.1) is 35.0 Å². The second kappa shape index (κ2) is 29.6. The van der Waals surface area contributed by atoms with E-state index in [1.165, 1.54) is 57.4 Å². The predicted molar refractivity (Wildman–Crippen MR) is 353 cm³/mol. The summed E-state index contributed by atoms with van der Waals surface area (Å²) in [4.78, 5) is 96.8. The van der Waals surface area contributed by atoms with Crippen molar-refractivity contribution < 1.29 is 89.2 Å². The second-order valence-electron chi connectivity index (χ2n) is 26.8. The van der Waals surface area contributed by atoms with Gasteiger partial charge >= 0.3 is 35.4 Å². The molecule has 0 radical (unpaired) electrons. The Morgan fingerprint density at radius 1 is 0.657 bits per heavy atom. The minimum Gasteiger partial charge on any atom is -0.462 e. The van der Waals surface area contributed by atoms with E-state index in [1.54, 1.807) is 0 Å². The highest BCUT2D eigenvalue weighted by molar-refractivity contribution is 7.48. The Kier molecular flexibility index (Phi) is 21.5. The van der Waals surface area contributed by atoms with E-state index in [0.29, 0.717) is 48.9 Å². The van der Waals surface area contributed by atoms with Crippen molar-refractivity contribution in [2.24, 2.45) is 35.0 Å². The third-order valence-corrected chi connectivity index (χ3v) is 22.8. The quantitative estimate of drug-likeness (QED) is 0.0153. The van der Waals surface area contributed by atoms with Crippen molar-refractivity contribution in [3.8, 4) is 0 Å². The summed E-state index contributed by atoms with van der Waals surface area (Å²) in [6.45, 7) is 14.0. The molecule has 12 rings (SSSR count). The fraction of sp³-hybridized carbons (Fsp3) is 0.597. The highest BCUT2D eigenvalue weighted by Crippen LogP contribution is 2.60. The van der Waals surface area contributed by atoms with E-state index in [4.69, 9.17) is 63.3 Å². The van der Waals surface area contributed by atoms with Gasteiger partial charge < -0.3 is 55.6 Å². The van der Waals surface area contributed by atoms with Gasteiger partial charge in [0.2, 0.25) is 0 Å². The van der Waals surface area contributed by atoms with E-state index in [-0.39, 0.29) is 75.6 Å². The third kappa shape index (κ3) is 16.3. The Morgan fingerprint density at radius 2 is 1.15 bits per heavy atom. The number of hydrogen-bond acceptors (Lipinski definition) is 28. The SMILES string of the molecule is C=C1CC[C@H](OC(=O)CCC(=O)OP(=O)(O)OC[C@@H]2C[C@@H](OP(=O)(O)OC[C@@H]3C[C@@H](OP(=O)(O)OC[C@@H]4C[C@@H](O)[C@H](n5cnc6c(N)ncnc65)O4)[C@H](n4cnc5c(N)ncnc54)O3)[C@H](n3cnc4c(N)ncnc43)O2)C/C1=C/C=C1\CCC[C@]2(C)[C@@H]([C@H](C)/C=C/[C@H](C)C(C)C)CC[C@@H]12. The lowest BCUT2D eigenvalue weighted by Gasteiger charge is -2.44. The van der Waals surface area contributed by atoms with Crippen molar-refractivity contribution in [2.45, 2.75) is 180 Å². The van der Waals surface area contributed by atoms with Crippen molar-refractivity contribution in [1.29, 1.82) is 0 Å². The fourth-order valence-corrected chi connectivity index (χ4v) is 17.2. The Balaban J connectivity index is 0.641. The maximum atomic E-state index is 14.1. The summed E-state index contributed by atoms with van der Waals surface area (Å²) in [7, 11) is -15.5. The smallest absolute Gasteiger partial charge is 0.462 e. The summed E-state index contributed by atoms with van der Waals surface area (Å²) in [6.07, 6.45) is 10.9. The van der Waals surface area contributed by atoms with Crippen LogP contribution in [0.4, 0.5) is 17.5 Å². The van der Waals surface area contributed by atoms with Crippen LogP contribution in [0.3, 0.4) is 0 Å². The topological polar surface area (TPSA) is 467 Å². The number of nitrogens with two attached hydrogens (primary N) is 3. The predicted octanol–water partition coefficient (Wildman–Crippen LogP) is 8.13. The van der Waals surface area contributed by atoms with Gasteiger partial charge in [-0.2, -0.15) is 0 Å². The summed E-state index contributed by atoms with van der Waals surface area (Å²) in [5.74, 6) is 0.915. The zero-order valence-corrected chi connectivity index (χ0v) is 58.0. The van der Waals surface area contributed by atoms with Crippen LogP contribution >= 0.6 is 23.5 Å². The molecule has 0 amide bonds. The summed E-state index contributed by atoms with van der Waals surface area (Å²) in [5.41, 5.74) is 22.8. The summed E-state index contributed by atoms with van der Waals surface area (Å²) in [6, 6.07) is 0. The molecule has 0 spiro atoms. The van der Waals surface area contributed by atoms with Crippen molar-refractivity contribution in [2.75, 3.05) is 37.0 Å². The zero-order valence-electron chi connectivity index (χ0n) is 55.3. The lowest BCUT2D eigenvalue weighted by molar-refractivity contribution is -0.152. The molecule has 536 valence electrons. The van der Waals surface area contributed by atoms with Crippen LogP contribution in [0.2, 0.25) is 0 Å². The van der Waals surface area contributed by atoms with Crippen LogP contribution in [0.1, 0.15) is 137 Å². The molecule has 6 aliphatic rings. The standard InChI is InChI=1S/C62H84N15O19P3/c1-33(2)34(3)9-10-36(5)43-15-16-44-37(8-7-19-62(43,44)6)12-13-38-20-39(14-11-35(38)4)90-48(79)17-18-49(80)96-99(85,86)89-26-42-23-47(61(93-42)77-32-74-52-55(65)68-29-71-58(52)77)95-98(83,84)88-25-41-22-46(60(92-41)76-31-73-51-54(64)67-28-70-57(51)76)94-97(81,82)87-24-40-21-45(78)59(91-40)75-30-72-50-53(63)66-27-69-56(50)75/h9-10,12-13,27-34,36,39-47,59-61,78H,4,7-8,11,14-26H2,1-3,5-6H3,(H,81,82)(H,83,84)(H,85,86)(H2,63,66,69)(H2,64,67,70)(H2,65,68,71)/b10-9+,37-12+,38-13-/t34-,36+,39-,40-,41-,42-,43+,44-,45+,46+,47+,59+,60+,61+,62+/m0/s1. The molecule has 9 heterocycles. The lowest BCUT2D eigenvalue weighted by atomic mass is 9.61.